The first-order valence-corrected chi connectivity index (χ1v) is 9.71. The molecule has 28 heavy (non-hydrogen) atoms. The summed E-state index contributed by atoms with van der Waals surface area (Å²) in [5.41, 5.74) is 2.19. The van der Waals surface area contributed by atoms with Gasteiger partial charge in [0.2, 0.25) is 0 Å². The smallest absolute Gasteiger partial charge is 0.191 e. The first kappa shape index (κ1) is 22.4. The number of rotatable bonds is 7. The van der Waals surface area contributed by atoms with E-state index in [0.29, 0.717) is 6.54 Å². The van der Waals surface area contributed by atoms with E-state index in [1.165, 1.54) is 25.0 Å². The Morgan fingerprint density at radius 3 is 2.43 bits per heavy atom. The number of hydrogen-bond donors (Lipinski definition) is 2. The average Bonchev–Trinajstić information content (AvgIpc) is 3.23. The SMILES string of the molecule is CCNC(=NCc1ccc(N2CCCC2)nc1)NCCc1ccc(F)cc1.I. The number of aromatic nitrogens is 1. The summed E-state index contributed by atoms with van der Waals surface area (Å²) in [7, 11) is 0. The van der Waals surface area contributed by atoms with E-state index < -0.39 is 0 Å². The fourth-order valence-corrected chi connectivity index (χ4v) is 3.13. The molecule has 2 N–H and O–H groups in total. The molecule has 1 saturated heterocycles. The number of pyridine rings is 1. The Balaban J connectivity index is 0.00000280. The maximum absolute atomic E-state index is 13.0. The Labute approximate surface area is 183 Å². The summed E-state index contributed by atoms with van der Waals surface area (Å²) in [5, 5.41) is 6.58. The van der Waals surface area contributed by atoms with Crippen LogP contribution in [0.15, 0.2) is 47.6 Å². The summed E-state index contributed by atoms with van der Waals surface area (Å²) in [6.07, 6.45) is 5.24. The van der Waals surface area contributed by atoms with Gasteiger partial charge in [-0.15, -0.1) is 24.0 Å². The summed E-state index contributed by atoms with van der Waals surface area (Å²) < 4.78 is 13.0. The molecule has 1 aromatic heterocycles. The monoisotopic (exact) mass is 497 g/mol. The highest BCUT2D eigenvalue weighted by Crippen LogP contribution is 2.17. The summed E-state index contributed by atoms with van der Waals surface area (Å²) in [5.74, 6) is 1.64. The molecule has 0 saturated carbocycles. The second kappa shape index (κ2) is 11.8. The van der Waals surface area contributed by atoms with Crippen molar-refractivity contribution >= 4 is 35.8 Å². The van der Waals surface area contributed by atoms with Crippen LogP contribution in [0.25, 0.3) is 0 Å². The van der Waals surface area contributed by atoms with Gasteiger partial charge in [-0.05, 0) is 55.5 Å². The van der Waals surface area contributed by atoms with E-state index in [-0.39, 0.29) is 29.8 Å². The molecule has 1 aromatic carbocycles. The van der Waals surface area contributed by atoms with E-state index in [4.69, 9.17) is 0 Å². The molecule has 0 amide bonds. The highest BCUT2D eigenvalue weighted by molar-refractivity contribution is 14.0. The molecular weight excluding hydrogens is 468 g/mol. The van der Waals surface area contributed by atoms with Gasteiger partial charge >= 0.3 is 0 Å². The predicted molar refractivity (Wildman–Crippen MR) is 124 cm³/mol. The van der Waals surface area contributed by atoms with Crippen LogP contribution in [0.5, 0.6) is 0 Å². The lowest BCUT2D eigenvalue weighted by molar-refractivity contribution is 0.626. The maximum Gasteiger partial charge on any atom is 0.191 e. The van der Waals surface area contributed by atoms with Gasteiger partial charge in [-0.25, -0.2) is 14.4 Å². The molecule has 1 aliphatic heterocycles. The third-order valence-electron chi connectivity index (χ3n) is 4.62. The molecule has 1 aliphatic rings. The molecule has 5 nitrogen and oxygen atoms in total. The third kappa shape index (κ3) is 6.92. The van der Waals surface area contributed by atoms with Gasteiger partial charge < -0.3 is 15.5 Å². The third-order valence-corrected chi connectivity index (χ3v) is 4.62. The molecule has 7 heteroatoms. The molecule has 0 atom stereocenters. The molecule has 1 fully saturated rings. The lowest BCUT2D eigenvalue weighted by atomic mass is 10.1. The topological polar surface area (TPSA) is 52.6 Å². The lowest BCUT2D eigenvalue weighted by Crippen LogP contribution is -2.38. The number of anilines is 1. The zero-order valence-electron chi connectivity index (χ0n) is 16.3. The minimum Gasteiger partial charge on any atom is -0.357 e. The van der Waals surface area contributed by atoms with E-state index in [1.807, 2.05) is 25.3 Å². The number of guanidine groups is 1. The first-order chi connectivity index (χ1) is 13.2. The fourth-order valence-electron chi connectivity index (χ4n) is 3.13. The highest BCUT2D eigenvalue weighted by Gasteiger charge is 2.12. The minimum atomic E-state index is -0.203. The molecule has 0 aliphatic carbocycles. The van der Waals surface area contributed by atoms with E-state index in [9.17, 15) is 4.39 Å². The lowest BCUT2D eigenvalue weighted by Gasteiger charge is -2.16. The summed E-state index contributed by atoms with van der Waals surface area (Å²) in [6, 6.07) is 10.8. The van der Waals surface area contributed by atoms with Crippen molar-refractivity contribution in [2.75, 3.05) is 31.1 Å². The van der Waals surface area contributed by atoms with Crippen LogP contribution in [0.2, 0.25) is 0 Å². The van der Waals surface area contributed by atoms with Gasteiger partial charge in [0.15, 0.2) is 5.96 Å². The van der Waals surface area contributed by atoms with Crippen LogP contribution in [-0.2, 0) is 13.0 Å². The van der Waals surface area contributed by atoms with E-state index in [0.717, 1.165) is 55.5 Å². The van der Waals surface area contributed by atoms with Crippen LogP contribution < -0.4 is 15.5 Å². The maximum atomic E-state index is 13.0. The number of halogens is 2. The highest BCUT2D eigenvalue weighted by atomic mass is 127. The number of aliphatic imine (C=N–C) groups is 1. The second-order valence-electron chi connectivity index (χ2n) is 6.72. The number of benzene rings is 1. The van der Waals surface area contributed by atoms with Crippen molar-refractivity contribution in [1.82, 2.24) is 15.6 Å². The van der Waals surface area contributed by atoms with Crippen LogP contribution in [0.3, 0.4) is 0 Å². The molecule has 0 spiro atoms. The van der Waals surface area contributed by atoms with Crippen molar-refractivity contribution in [3.8, 4) is 0 Å². The summed E-state index contributed by atoms with van der Waals surface area (Å²) >= 11 is 0. The fraction of sp³-hybridized carbons (Fsp3) is 0.429. The normalized spacial score (nSPS) is 13.9. The summed E-state index contributed by atoms with van der Waals surface area (Å²) in [6.45, 7) is 6.38. The number of nitrogens with one attached hydrogen (secondary N) is 2. The van der Waals surface area contributed by atoms with E-state index in [1.54, 1.807) is 0 Å². The molecule has 0 bridgehead atoms. The van der Waals surface area contributed by atoms with Crippen molar-refractivity contribution in [1.29, 1.82) is 0 Å². The molecule has 152 valence electrons. The Kier molecular flexibility index (Phi) is 9.46. The van der Waals surface area contributed by atoms with E-state index >= 15 is 0 Å². The van der Waals surface area contributed by atoms with Crippen LogP contribution in [0, 0.1) is 5.82 Å². The molecule has 3 rings (SSSR count). The first-order valence-electron chi connectivity index (χ1n) is 9.71. The van der Waals surface area contributed by atoms with Crippen LogP contribution in [0.4, 0.5) is 10.2 Å². The average molecular weight is 497 g/mol. The number of nitrogens with zero attached hydrogens (tertiary/aromatic N) is 3. The quantitative estimate of drug-likeness (QED) is 0.348. The van der Waals surface area contributed by atoms with E-state index in [2.05, 4.69) is 37.6 Å². The minimum absolute atomic E-state index is 0. The van der Waals surface area contributed by atoms with Crippen LogP contribution >= 0.6 is 24.0 Å². The Morgan fingerprint density at radius 2 is 1.79 bits per heavy atom. The standard InChI is InChI=1S/C21H28FN5.HI/c1-2-23-21(24-12-11-17-5-8-19(22)9-6-17)26-16-18-7-10-20(25-15-18)27-13-3-4-14-27;/h5-10,15H,2-4,11-14,16H2,1H3,(H2,23,24,26);1H. The van der Waals surface area contributed by atoms with Crippen molar-refractivity contribution in [3.63, 3.8) is 0 Å². The zero-order chi connectivity index (χ0) is 18.9. The van der Waals surface area contributed by atoms with Crippen molar-refractivity contribution in [2.24, 2.45) is 4.99 Å². The molecular formula is C21H29FIN5. The molecule has 0 unspecified atom stereocenters. The molecule has 2 heterocycles. The molecule has 0 radical (unpaired) electrons. The van der Waals surface area contributed by atoms with Crippen molar-refractivity contribution in [2.45, 2.75) is 32.7 Å². The zero-order valence-corrected chi connectivity index (χ0v) is 18.7. The predicted octanol–water partition coefficient (Wildman–Crippen LogP) is 3.74. The second-order valence-corrected chi connectivity index (χ2v) is 6.72. The van der Waals surface area contributed by atoms with Crippen molar-refractivity contribution in [3.05, 3.63) is 59.5 Å². The van der Waals surface area contributed by atoms with Gasteiger partial charge in [-0.1, -0.05) is 18.2 Å². The Bertz CT molecular complexity index is 727. The summed E-state index contributed by atoms with van der Waals surface area (Å²) in [4.78, 5) is 11.5. The van der Waals surface area contributed by atoms with Gasteiger partial charge in [0.05, 0.1) is 6.54 Å². The van der Waals surface area contributed by atoms with Gasteiger partial charge in [0.25, 0.3) is 0 Å². The number of hydrogen-bond acceptors (Lipinski definition) is 3. The van der Waals surface area contributed by atoms with Crippen LogP contribution in [-0.4, -0.2) is 37.1 Å². The van der Waals surface area contributed by atoms with Crippen molar-refractivity contribution < 1.29 is 4.39 Å². The van der Waals surface area contributed by atoms with Gasteiger partial charge in [0, 0.05) is 32.4 Å². The Hall–Kier alpha value is -1.90. The van der Waals surface area contributed by atoms with Gasteiger partial charge in [-0.2, -0.15) is 0 Å². The van der Waals surface area contributed by atoms with Gasteiger partial charge in [-0.3, -0.25) is 0 Å². The largest absolute Gasteiger partial charge is 0.357 e. The molecule has 2 aromatic rings. The van der Waals surface area contributed by atoms with Crippen LogP contribution in [0.1, 0.15) is 30.9 Å². The van der Waals surface area contributed by atoms with Gasteiger partial charge in [0.1, 0.15) is 11.6 Å². The Morgan fingerprint density at radius 1 is 1.07 bits per heavy atom.